The molecule has 0 unspecified atom stereocenters. The van der Waals surface area contributed by atoms with Crippen molar-refractivity contribution in [3.05, 3.63) is 28.7 Å². The van der Waals surface area contributed by atoms with Crippen LogP contribution in [0.5, 0.6) is 0 Å². The van der Waals surface area contributed by atoms with Gasteiger partial charge >= 0.3 is 0 Å². The van der Waals surface area contributed by atoms with Crippen molar-refractivity contribution in [3.8, 4) is 0 Å². The minimum absolute atomic E-state index is 0.371. The Morgan fingerprint density at radius 1 is 1.06 bits per heavy atom. The van der Waals surface area contributed by atoms with Gasteiger partial charge in [0, 0.05) is 24.1 Å². The molecule has 1 aliphatic heterocycles. The lowest BCUT2D eigenvalue weighted by molar-refractivity contribution is 0.347. The fraction of sp³-hybridized carbons (Fsp3) is 0.500. The zero-order valence-corrected chi connectivity index (χ0v) is 12.7. The molecule has 0 spiro atoms. The molecular weight excluding hydrogens is 316 g/mol. The number of hydrogen-bond donors (Lipinski definition) is 0. The van der Waals surface area contributed by atoms with Gasteiger partial charge in [0.2, 0.25) is 10.0 Å². The van der Waals surface area contributed by atoms with Crippen LogP contribution >= 0.6 is 15.9 Å². The van der Waals surface area contributed by atoms with Crippen molar-refractivity contribution in [2.24, 2.45) is 0 Å². The van der Waals surface area contributed by atoms with Crippen LogP contribution < -0.4 is 0 Å². The lowest BCUT2D eigenvalue weighted by atomic mass is 10.4. The Labute approximate surface area is 117 Å². The van der Waals surface area contributed by atoms with Crippen molar-refractivity contribution in [2.45, 2.75) is 11.3 Å². The Morgan fingerprint density at radius 2 is 1.72 bits per heavy atom. The molecule has 1 aromatic rings. The molecule has 0 amide bonds. The highest BCUT2D eigenvalue weighted by atomic mass is 79.9. The highest BCUT2D eigenvalue weighted by molar-refractivity contribution is 9.10. The summed E-state index contributed by atoms with van der Waals surface area (Å²) in [6, 6.07) is 6.82. The molecule has 1 aromatic carbocycles. The van der Waals surface area contributed by atoms with E-state index < -0.39 is 10.0 Å². The van der Waals surface area contributed by atoms with Crippen molar-refractivity contribution in [1.82, 2.24) is 9.21 Å². The SMILES string of the molecule is CN1CCCN(S(=O)(=O)c2ccc(Br)cc2)CC1. The van der Waals surface area contributed by atoms with E-state index in [-0.39, 0.29) is 0 Å². The number of halogens is 1. The van der Waals surface area contributed by atoms with E-state index in [2.05, 4.69) is 20.8 Å². The highest BCUT2D eigenvalue weighted by Crippen LogP contribution is 2.19. The molecule has 1 heterocycles. The number of likely N-dealkylation sites (N-methyl/N-ethyl adjacent to an activating group) is 1. The average Bonchev–Trinajstić information content (AvgIpc) is 2.55. The zero-order valence-electron chi connectivity index (χ0n) is 10.3. The topological polar surface area (TPSA) is 40.6 Å². The monoisotopic (exact) mass is 332 g/mol. The first kappa shape index (κ1) is 14.0. The number of benzene rings is 1. The van der Waals surface area contributed by atoms with Gasteiger partial charge in [-0.3, -0.25) is 0 Å². The molecule has 100 valence electrons. The molecule has 0 aliphatic carbocycles. The Balaban J connectivity index is 2.22. The van der Waals surface area contributed by atoms with Gasteiger partial charge in [-0.25, -0.2) is 8.42 Å². The van der Waals surface area contributed by atoms with Crippen molar-refractivity contribution < 1.29 is 8.42 Å². The van der Waals surface area contributed by atoms with E-state index in [4.69, 9.17) is 0 Å². The van der Waals surface area contributed by atoms with Gasteiger partial charge in [0.25, 0.3) is 0 Å². The first-order valence-corrected chi connectivity index (χ1v) is 8.18. The summed E-state index contributed by atoms with van der Waals surface area (Å²) in [5.74, 6) is 0. The van der Waals surface area contributed by atoms with Crippen LogP contribution in [-0.2, 0) is 10.0 Å². The van der Waals surface area contributed by atoms with Crippen LogP contribution in [-0.4, -0.2) is 50.8 Å². The molecule has 4 nitrogen and oxygen atoms in total. The van der Waals surface area contributed by atoms with Gasteiger partial charge in [-0.15, -0.1) is 0 Å². The molecule has 1 saturated heterocycles. The summed E-state index contributed by atoms with van der Waals surface area (Å²) in [5, 5.41) is 0. The Hall–Kier alpha value is -0.430. The Morgan fingerprint density at radius 3 is 2.39 bits per heavy atom. The van der Waals surface area contributed by atoms with E-state index in [0.29, 0.717) is 18.0 Å². The normalized spacial score (nSPS) is 19.7. The van der Waals surface area contributed by atoms with Crippen LogP contribution in [0.2, 0.25) is 0 Å². The molecule has 0 N–H and O–H groups in total. The standard InChI is InChI=1S/C12H17BrN2O2S/c1-14-7-2-8-15(10-9-14)18(16,17)12-5-3-11(13)4-6-12/h3-6H,2,7-10H2,1H3. The van der Waals surface area contributed by atoms with Gasteiger partial charge in [-0.1, -0.05) is 15.9 Å². The first-order chi connectivity index (χ1) is 8.50. The first-order valence-electron chi connectivity index (χ1n) is 5.94. The molecule has 18 heavy (non-hydrogen) atoms. The summed E-state index contributed by atoms with van der Waals surface area (Å²) in [5.41, 5.74) is 0. The molecule has 1 aliphatic rings. The fourth-order valence-electron chi connectivity index (χ4n) is 2.02. The Kier molecular flexibility index (Phi) is 4.42. The van der Waals surface area contributed by atoms with Gasteiger partial charge in [0.1, 0.15) is 0 Å². The van der Waals surface area contributed by atoms with E-state index in [1.165, 1.54) is 0 Å². The van der Waals surface area contributed by atoms with Crippen molar-refractivity contribution in [2.75, 3.05) is 33.2 Å². The van der Waals surface area contributed by atoms with Gasteiger partial charge in [-0.2, -0.15) is 4.31 Å². The molecule has 0 radical (unpaired) electrons. The summed E-state index contributed by atoms with van der Waals surface area (Å²) in [6.07, 6.45) is 0.881. The van der Waals surface area contributed by atoms with Crippen molar-refractivity contribution in [3.63, 3.8) is 0 Å². The summed E-state index contributed by atoms with van der Waals surface area (Å²) >= 11 is 3.31. The quantitative estimate of drug-likeness (QED) is 0.828. The Bertz CT molecular complexity index is 501. The second-order valence-corrected chi connectivity index (χ2v) is 7.37. The van der Waals surface area contributed by atoms with Crippen LogP contribution in [0.15, 0.2) is 33.6 Å². The summed E-state index contributed by atoms with van der Waals surface area (Å²) in [4.78, 5) is 2.53. The minimum Gasteiger partial charge on any atom is -0.305 e. The minimum atomic E-state index is -3.34. The van der Waals surface area contributed by atoms with E-state index in [1.807, 2.05) is 7.05 Å². The smallest absolute Gasteiger partial charge is 0.243 e. The number of nitrogens with zero attached hydrogens (tertiary/aromatic N) is 2. The van der Waals surface area contributed by atoms with Crippen LogP contribution in [0.4, 0.5) is 0 Å². The molecule has 0 saturated carbocycles. The van der Waals surface area contributed by atoms with Crippen LogP contribution in [0.3, 0.4) is 0 Å². The average molecular weight is 333 g/mol. The summed E-state index contributed by atoms with van der Waals surface area (Å²) in [6.45, 7) is 2.90. The molecule has 2 rings (SSSR count). The third-order valence-corrected chi connectivity index (χ3v) is 5.57. The van der Waals surface area contributed by atoms with Gasteiger partial charge < -0.3 is 4.90 Å². The third kappa shape index (κ3) is 3.12. The molecule has 6 heteroatoms. The molecule has 0 atom stereocenters. The van der Waals surface area contributed by atoms with Gasteiger partial charge in [-0.05, 0) is 44.3 Å². The maximum atomic E-state index is 12.5. The molecule has 1 fully saturated rings. The second-order valence-electron chi connectivity index (χ2n) is 4.51. The lowest BCUT2D eigenvalue weighted by Crippen LogP contribution is -2.34. The lowest BCUT2D eigenvalue weighted by Gasteiger charge is -2.20. The second kappa shape index (κ2) is 5.69. The molecular formula is C12H17BrN2O2S. The third-order valence-electron chi connectivity index (χ3n) is 3.13. The van der Waals surface area contributed by atoms with Gasteiger partial charge in [0.05, 0.1) is 4.90 Å². The van der Waals surface area contributed by atoms with Crippen LogP contribution in [0.25, 0.3) is 0 Å². The van der Waals surface area contributed by atoms with Gasteiger partial charge in [0.15, 0.2) is 0 Å². The molecule has 0 bridgehead atoms. The summed E-state index contributed by atoms with van der Waals surface area (Å²) < 4.78 is 27.4. The van der Waals surface area contributed by atoms with Crippen molar-refractivity contribution in [1.29, 1.82) is 0 Å². The largest absolute Gasteiger partial charge is 0.305 e. The molecule has 0 aromatic heterocycles. The van der Waals surface area contributed by atoms with E-state index in [9.17, 15) is 8.42 Å². The van der Waals surface area contributed by atoms with Crippen LogP contribution in [0, 0.1) is 0 Å². The summed E-state index contributed by atoms with van der Waals surface area (Å²) in [7, 11) is -1.32. The maximum absolute atomic E-state index is 12.5. The zero-order chi connectivity index (χ0) is 13.2. The highest BCUT2D eigenvalue weighted by Gasteiger charge is 2.25. The van der Waals surface area contributed by atoms with E-state index in [0.717, 1.165) is 24.0 Å². The number of rotatable bonds is 2. The number of hydrogen-bond acceptors (Lipinski definition) is 3. The van der Waals surface area contributed by atoms with Crippen LogP contribution in [0.1, 0.15) is 6.42 Å². The maximum Gasteiger partial charge on any atom is 0.243 e. The predicted octanol–water partition coefficient (Wildman–Crippen LogP) is 1.78. The van der Waals surface area contributed by atoms with E-state index in [1.54, 1.807) is 28.6 Å². The number of sulfonamides is 1. The van der Waals surface area contributed by atoms with E-state index >= 15 is 0 Å². The fourth-order valence-corrected chi connectivity index (χ4v) is 3.75. The van der Waals surface area contributed by atoms with Crippen molar-refractivity contribution >= 4 is 26.0 Å². The predicted molar refractivity (Wildman–Crippen MR) is 75.0 cm³/mol.